The highest BCUT2D eigenvalue weighted by molar-refractivity contribution is 6.31. The van der Waals surface area contributed by atoms with Crippen LogP contribution >= 0.6 is 11.6 Å². The number of ether oxygens (including phenoxy) is 1. The van der Waals surface area contributed by atoms with Gasteiger partial charge in [0.1, 0.15) is 0 Å². The molecule has 118 valence electrons. The monoisotopic (exact) mass is 310 g/mol. The zero-order chi connectivity index (χ0) is 15.2. The molecule has 1 aromatic carbocycles. The molecule has 0 atom stereocenters. The largest absolute Gasteiger partial charge is 0.381 e. The Kier molecular flexibility index (Phi) is 6.34. The van der Waals surface area contributed by atoms with Crippen LogP contribution in [0.25, 0.3) is 0 Å². The highest BCUT2D eigenvalue weighted by Crippen LogP contribution is 2.30. The first-order valence-corrected chi connectivity index (χ1v) is 8.26. The predicted molar refractivity (Wildman–Crippen MR) is 90.2 cm³/mol. The predicted octanol–water partition coefficient (Wildman–Crippen LogP) is 3.70. The number of nitrogens with one attached hydrogen (secondary N) is 1. The van der Waals surface area contributed by atoms with E-state index in [1.165, 1.54) is 11.3 Å². The van der Waals surface area contributed by atoms with Crippen LogP contribution in [0.15, 0.2) is 18.2 Å². The van der Waals surface area contributed by atoms with Crippen molar-refractivity contribution in [2.45, 2.75) is 39.3 Å². The molecule has 1 N–H and O–H groups in total. The van der Waals surface area contributed by atoms with Gasteiger partial charge >= 0.3 is 0 Å². The molecule has 0 amide bonds. The van der Waals surface area contributed by atoms with Crippen molar-refractivity contribution in [1.29, 1.82) is 0 Å². The van der Waals surface area contributed by atoms with E-state index in [1.54, 1.807) is 0 Å². The van der Waals surface area contributed by atoms with Crippen LogP contribution in [0.5, 0.6) is 0 Å². The van der Waals surface area contributed by atoms with Gasteiger partial charge in [-0.1, -0.05) is 31.5 Å². The standard InChI is InChI=1S/C17H27ClN2O/c1-13(2)11-19-12-15-16(18)5-4-6-17(15)20(3)14-7-9-21-10-8-14/h4-6,13-14,19H,7-12H2,1-3H3. The van der Waals surface area contributed by atoms with Crippen molar-refractivity contribution in [2.24, 2.45) is 5.92 Å². The van der Waals surface area contributed by atoms with Gasteiger partial charge in [0, 0.05) is 49.1 Å². The average molecular weight is 311 g/mol. The lowest BCUT2D eigenvalue weighted by Gasteiger charge is -2.34. The number of hydrogen-bond acceptors (Lipinski definition) is 3. The lowest BCUT2D eigenvalue weighted by molar-refractivity contribution is 0.0854. The maximum absolute atomic E-state index is 6.44. The summed E-state index contributed by atoms with van der Waals surface area (Å²) in [6.45, 7) is 7.97. The molecule has 0 radical (unpaired) electrons. The summed E-state index contributed by atoms with van der Waals surface area (Å²) in [5.74, 6) is 0.643. The van der Waals surface area contributed by atoms with Gasteiger partial charge in [0.05, 0.1) is 0 Å². The molecular weight excluding hydrogens is 284 g/mol. The Morgan fingerprint density at radius 2 is 2.05 bits per heavy atom. The quantitative estimate of drug-likeness (QED) is 0.867. The Labute approximate surface area is 133 Å². The third kappa shape index (κ3) is 4.60. The Hall–Kier alpha value is -0.770. The fraction of sp³-hybridized carbons (Fsp3) is 0.647. The second-order valence-electron chi connectivity index (χ2n) is 6.22. The van der Waals surface area contributed by atoms with E-state index in [2.05, 4.69) is 37.2 Å². The maximum atomic E-state index is 6.44. The topological polar surface area (TPSA) is 24.5 Å². The van der Waals surface area contributed by atoms with Gasteiger partial charge in [0.15, 0.2) is 0 Å². The van der Waals surface area contributed by atoms with Gasteiger partial charge in [-0.25, -0.2) is 0 Å². The summed E-state index contributed by atoms with van der Waals surface area (Å²) in [6.07, 6.45) is 2.17. The number of rotatable bonds is 6. The van der Waals surface area contributed by atoms with Crippen LogP contribution in [-0.4, -0.2) is 32.8 Å². The summed E-state index contributed by atoms with van der Waals surface area (Å²) in [4.78, 5) is 2.38. The highest BCUT2D eigenvalue weighted by Gasteiger charge is 2.21. The Morgan fingerprint density at radius 3 is 2.71 bits per heavy atom. The minimum Gasteiger partial charge on any atom is -0.381 e. The lowest BCUT2D eigenvalue weighted by Crippen LogP contribution is -2.37. The molecule has 0 bridgehead atoms. The highest BCUT2D eigenvalue weighted by atomic mass is 35.5. The number of nitrogens with zero attached hydrogens (tertiary/aromatic N) is 1. The van der Waals surface area contributed by atoms with E-state index < -0.39 is 0 Å². The van der Waals surface area contributed by atoms with E-state index in [0.717, 1.165) is 44.2 Å². The van der Waals surface area contributed by atoms with Crippen LogP contribution in [0, 0.1) is 5.92 Å². The molecule has 1 saturated heterocycles. The van der Waals surface area contributed by atoms with Gasteiger partial charge in [-0.2, -0.15) is 0 Å². The van der Waals surface area contributed by atoms with Gasteiger partial charge in [0.2, 0.25) is 0 Å². The minimum atomic E-state index is 0.543. The lowest BCUT2D eigenvalue weighted by atomic mass is 10.0. The van der Waals surface area contributed by atoms with Crippen molar-refractivity contribution >= 4 is 17.3 Å². The van der Waals surface area contributed by atoms with Crippen LogP contribution < -0.4 is 10.2 Å². The maximum Gasteiger partial charge on any atom is 0.0485 e. The van der Waals surface area contributed by atoms with Crippen molar-refractivity contribution in [3.05, 3.63) is 28.8 Å². The SMILES string of the molecule is CC(C)CNCc1c(Cl)cccc1N(C)C1CCOCC1. The zero-order valence-corrected chi connectivity index (χ0v) is 14.1. The van der Waals surface area contributed by atoms with Crippen LogP contribution in [0.3, 0.4) is 0 Å². The first kappa shape index (κ1) is 16.6. The van der Waals surface area contributed by atoms with Gasteiger partial charge in [0.25, 0.3) is 0 Å². The molecule has 1 aliphatic heterocycles. The van der Waals surface area contributed by atoms with Crippen molar-refractivity contribution < 1.29 is 4.74 Å². The first-order valence-electron chi connectivity index (χ1n) is 7.88. The number of anilines is 1. The Bertz CT molecular complexity index is 444. The van der Waals surface area contributed by atoms with Crippen LogP contribution in [-0.2, 0) is 11.3 Å². The molecule has 0 aromatic heterocycles. The number of hydrogen-bond donors (Lipinski definition) is 1. The van der Waals surface area contributed by atoms with Crippen LogP contribution in [0.1, 0.15) is 32.3 Å². The summed E-state index contributed by atoms with van der Waals surface area (Å²) in [6, 6.07) is 6.74. The molecule has 1 aliphatic rings. The summed E-state index contributed by atoms with van der Waals surface area (Å²) in [5.41, 5.74) is 2.44. The normalized spacial score (nSPS) is 16.4. The minimum absolute atomic E-state index is 0.543. The smallest absolute Gasteiger partial charge is 0.0485 e. The average Bonchev–Trinajstić information content (AvgIpc) is 2.48. The molecule has 0 aliphatic carbocycles. The third-order valence-corrected chi connectivity index (χ3v) is 4.42. The molecule has 21 heavy (non-hydrogen) atoms. The second kappa shape index (κ2) is 8.02. The van der Waals surface area contributed by atoms with Gasteiger partial charge < -0.3 is 15.0 Å². The molecule has 4 heteroatoms. The van der Waals surface area contributed by atoms with Crippen molar-refractivity contribution in [1.82, 2.24) is 5.32 Å². The van der Waals surface area contributed by atoms with Gasteiger partial charge in [-0.3, -0.25) is 0 Å². The van der Waals surface area contributed by atoms with Crippen molar-refractivity contribution in [3.8, 4) is 0 Å². The molecule has 0 spiro atoms. The van der Waals surface area contributed by atoms with E-state index in [0.29, 0.717) is 12.0 Å². The molecule has 0 saturated carbocycles. The van der Waals surface area contributed by atoms with E-state index in [1.807, 2.05) is 12.1 Å². The second-order valence-corrected chi connectivity index (χ2v) is 6.62. The summed E-state index contributed by atoms with van der Waals surface area (Å²) < 4.78 is 5.47. The molecular formula is C17H27ClN2O. The van der Waals surface area contributed by atoms with Gasteiger partial charge in [-0.05, 0) is 37.4 Å². The molecule has 1 heterocycles. The Balaban J connectivity index is 2.11. The van der Waals surface area contributed by atoms with Gasteiger partial charge in [-0.15, -0.1) is 0 Å². The van der Waals surface area contributed by atoms with Crippen molar-refractivity contribution in [3.63, 3.8) is 0 Å². The molecule has 3 nitrogen and oxygen atoms in total. The third-order valence-electron chi connectivity index (χ3n) is 4.07. The summed E-state index contributed by atoms with van der Waals surface area (Å²) in [7, 11) is 2.17. The fourth-order valence-corrected chi connectivity index (χ4v) is 3.04. The fourth-order valence-electron chi connectivity index (χ4n) is 2.81. The summed E-state index contributed by atoms with van der Waals surface area (Å²) >= 11 is 6.44. The van der Waals surface area contributed by atoms with E-state index in [9.17, 15) is 0 Å². The van der Waals surface area contributed by atoms with E-state index >= 15 is 0 Å². The Morgan fingerprint density at radius 1 is 1.33 bits per heavy atom. The number of benzene rings is 1. The first-order chi connectivity index (χ1) is 10.1. The molecule has 0 unspecified atom stereocenters. The van der Waals surface area contributed by atoms with E-state index in [4.69, 9.17) is 16.3 Å². The van der Waals surface area contributed by atoms with Crippen molar-refractivity contribution in [2.75, 3.05) is 31.7 Å². The molecule has 2 rings (SSSR count). The van der Waals surface area contributed by atoms with Crippen LogP contribution in [0.4, 0.5) is 5.69 Å². The van der Waals surface area contributed by atoms with E-state index in [-0.39, 0.29) is 0 Å². The molecule has 1 aromatic rings. The molecule has 1 fully saturated rings. The zero-order valence-electron chi connectivity index (χ0n) is 13.4. The van der Waals surface area contributed by atoms with Crippen LogP contribution in [0.2, 0.25) is 5.02 Å². The number of halogens is 1. The summed E-state index contributed by atoms with van der Waals surface area (Å²) in [5, 5.41) is 4.35.